The molecule has 2 aromatic heterocycles. The van der Waals surface area contributed by atoms with E-state index in [1.165, 1.54) is 6.33 Å². The van der Waals surface area contributed by atoms with Gasteiger partial charge in [-0.05, 0) is 31.0 Å². The fraction of sp³-hybridized carbons (Fsp3) is 0.688. The third-order valence-corrected chi connectivity index (χ3v) is 9.72. The Bertz CT molecular complexity index is 725. The average Bonchev–Trinajstić information content (AvgIpc) is 3.10. The molecule has 2 N–H and O–H groups in total. The molecule has 1 aliphatic heterocycles. The number of imidazole rings is 1. The van der Waals surface area contributed by atoms with Crippen LogP contribution >= 0.6 is 0 Å². The fourth-order valence-electron chi connectivity index (χ4n) is 2.61. The summed E-state index contributed by atoms with van der Waals surface area (Å²) >= 11 is 0. The lowest BCUT2D eigenvalue weighted by atomic mass is 10.2. The van der Waals surface area contributed by atoms with Gasteiger partial charge in [0.2, 0.25) is 0 Å². The number of ether oxygens (including phenoxy) is 1. The summed E-state index contributed by atoms with van der Waals surface area (Å²) in [4.78, 5) is 12.6. The number of rotatable bonds is 4. The molecular formula is C16H27N5O2Si. The van der Waals surface area contributed by atoms with Gasteiger partial charge >= 0.3 is 0 Å². The summed E-state index contributed by atoms with van der Waals surface area (Å²) < 4.78 is 14.4. The monoisotopic (exact) mass is 349 g/mol. The van der Waals surface area contributed by atoms with Crippen LogP contribution < -0.4 is 5.73 Å². The molecule has 1 fully saturated rings. The molecule has 0 aliphatic carbocycles. The molecule has 0 radical (unpaired) electrons. The molecular weight excluding hydrogens is 322 g/mol. The van der Waals surface area contributed by atoms with Gasteiger partial charge in [-0.2, -0.15) is 0 Å². The SMILES string of the molecule is CC(C)(C)[Si](C)(C)OC[C@@H]1CC[C@H](n2cnc3c(N)ncnc32)O1. The summed E-state index contributed by atoms with van der Waals surface area (Å²) in [6.45, 7) is 11.9. The zero-order valence-corrected chi connectivity index (χ0v) is 16.1. The molecule has 0 aromatic carbocycles. The zero-order chi connectivity index (χ0) is 17.5. The molecule has 2 aromatic rings. The predicted molar refractivity (Wildman–Crippen MR) is 96.0 cm³/mol. The van der Waals surface area contributed by atoms with Gasteiger partial charge in [0.05, 0.1) is 19.0 Å². The van der Waals surface area contributed by atoms with E-state index in [4.69, 9.17) is 14.9 Å². The van der Waals surface area contributed by atoms with Crippen molar-refractivity contribution < 1.29 is 9.16 Å². The first-order chi connectivity index (χ1) is 11.2. The Kier molecular flexibility index (Phi) is 4.39. The van der Waals surface area contributed by atoms with Crippen LogP contribution in [0.2, 0.25) is 18.1 Å². The van der Waals surface area contributed by atoms with Crippen LogP contribution in [-0.4, -0.2) is 40.5 Å². The molecule has 2 atom stereocenters. The molecule has 3 heterocycles. The van der Waals surface area contributed by atoms with Gasteiger partial charge in [0, 0.05) is 0 Å². The number of anilines is 1. The van der Waals surface area contributed by atoms with Crippen molar-refractivity contribution in [2.45, 2.75) is 64.1 Å². The maximum absolute atomic E-state index is 6.29. The molecule has 0 spiro atoms. The van der Waals surface area contributed by atoms with Gasteiger partial charge in [-0.1, -0.05) is 20.8 Å². The van der Waals surface area contributed by atoms with Crippen molar-refractivity contribution in [2.24, 2.45) is 0 Å². The number of nitrogens with zero attached hydrogens (tertiary/aromatic N) is 4. The molecule has 8 heteroatoms. The third-order valence-electron chi connectivity index (χ3n) is 5.22. The van der Waals surface area contributed by atoms with E-state index in [1.54, 1.807) is 6.33 Å². The first kappa shape index (κ1) is 17.3. The minimum Gasteiger partial charge on any atom is -0.414 e. The number of fused-ring (bicyclic) bond motifs is 1. The van der Waals surface area contributed by atoms with Crippen LogP contribution in [-0.2, 0) is 9.16 Å². The molecule has 1 saturated heterocycles. The first-order valence-corrected chi connectivity index (χ1v) is 11.3. The van der Waals surface area contributed by atoms with Gasteiger partial charge in [-0.25, -0.2) is 15.0 Å². The summed E-state index contributed by atoms with van der Waals surface area (Å²) in [5, 5.41) is 0.208. The van der Waals surface area contributed by atoms with Gasteiger partial charge in [0.1, 0.15) is 18.1 Å². The standard InChI is InChI=1S/C16H27N5O2Si/c1-16(2,3)24(4,5)22-8-11-6-7-12(23-11)21-10-20-13-14(17)18-9-19-15(13)21/h9-12H,6-8H2,1-5H3,(H2,17,18,19)/t11-,12+/m0/s1. The van der Waals surface area contributed by atoms with E-state index < -0.39 is 8.32 Å². The molecule has 0 amide bonds. The molecule has 0 unspecified atom stereocenters. The van der Waals surface area contributed by atoms with Crippen molar-refractivity contribution in [1.82, 2.24) is 19.5 Å². The third kappa shape index (κ3) is 3.18. The van der Waals surface area contributed by atoms with E-state index in [0.717, 1.165) is 18.5 Å². The molecule has 3 rings (SSSR count). The number of nitrogen functional groups attached to an aromatic ring is 1. The van der Waals surface area contributed by atoms with Crippen molar-refractivity contribution in [3.05, 3.63) is 12.7 Å². The summed E-state index contributed by atoms with van der Waals surface area (Å²) in [6, 6.07) is 0. The molecule has 0 saturated carbocycles. The second-order valence-electron chi connectivity index (χ2n) is 7.94. The highest BCUT2D eigenvalue weighted by Crippen LogP contribution is 2.38. The van der Waals surface area contributed by atoms with Gasteiger partial charge in [0.25, 0.3) is 0 Å². The molecule has 1 aliphatic rings. The average molecular weight is 350 g/mol. The quantitative estimate of drug-likeness (QED) is 0.853. The van der Waals surface area contributed by atoms with Crippen molar-refractivity contribution >= 4 is 25.3 Å². The molecule has 132 valence electrons. The minimum atomic E-state index is -1.75. The topological polar surface area (TPSA) is 88.1 Å². The maximum Gasteiger partial charge on any atom is 0.192 e. The smallest absolute Gasteiger partial charge is 0.192 e. The van der Waals surface area contributed by atoms with Crippen LogP contribution in [0.3, 0.4) is 0 Å². The lowest BCUT2D eigenvalue weighted by molar-refractivity contribution is -0.0182. The fourth-order valence-corrected chi connectivity index (χ4v) is 3.65. The van der Waals surface area contributed by atoms with Crippen LogP contribution in [0.1, 0.15) is 39.8 Å². The molecule has 24 heavy (non-hydrogen) atoms. The van der Waals surface area contributed by atoms with E-state index in [2.05, 4.69) is 48.8 Å². The largest absolute Gasteiger partial charge is 0.414 e. The van der Waals surface area contributed by atoms with Gasteiger partial charge in [-0.15, -0.1) is 0 Å². The second-order valence-corrected chi connectivity index (χ2v) is 12.8. The highest BCUT2D eigenvalue weighted by Gasteiger charge is 2.38. The van der Waals surface area contributed by atoms with Crippen molar-refractivity contribution in [1.29, 1.82) is 0 Å². The highest BCUT2D eigenvalue weighted by atomic mass is 28.4. The maximum atomic E-state index is 6.29. The van der Waals surface area contributed by atoms with E-state index in [0.29, 0.717) is 17.9 Å². The summed E-state index contributed by atoms with van der Waals surface area (Å²) in [5.41, 5.74) is 7.20. The normalized spacial score (nSPS) is 22.4. The Labute approximate surface area is 143 Å². The van der Waals surface area contributed by atoms with Gasteiger partial charge < -0.3 is 14.9 Å². The molecule has 0 bridgehead atoms. The Morgan fingerprint density at radius 2 is 2.04 bits per heavy atom. The molecule has 7 nitrogen and oxygen atoms in total. The van der Waals surface area contributed by atoms with Crippen molar-refractivity contribution in [3.8, 4) is 0 Å². The predicted octanol–water partition coefficient (Wildman–Crippen LogP) is 3.11. The van der Waals surface area contributed by atoms with Crippen LogP contribution in [0, 0.1) is 0 Å². The van der Waals surface area contributed by atoms with E-state index in [-0.39, 0.29) is 17.4 Å². The lowest BCUT2D eigenvalue weighted by Gasteiger charge is -2.36. The Balaban J connectivity index is 1.66. The summed E-state index contributed by atoms with van der Waals surface area (Å²) in [7, 11) is -1.75. The second kappa shape index (κ2) is 6.09. The number of nitrogens with two attached hydrogens (primary N) is 1. The Hall–Kier alpha value is -1.51. The van der Waals surface area contributed by atoms with Crippen molar-refractivity contribution in [2.75, 3.05) is 12.3 Å². The van der Waals surface area contributed by atoms with Crippen LogP contribution in [0.25, 0.3) is 11.2 Å². The van der Waals surface area contributed by atoms with Crippen LogP contribution in [0.4, 0.5) is 5.82 Å². The minimum absolute atomic E-state index is 0.0719. The first-order valence-electron chi connectivity index (χ1n) is 8.41. The van der Waals surface area contributed by atoms with Crippen molar-refractivity contribution in [3.63, 3.8) is 0 Å². The zero-order valence-electron chi connectivity index (χ0n) is 15.1. The highest BCUT2D eigenvalue weighted by molar-refractivity contribution is 6.74. The number of hydrogen-bond acceptors (Lipinski definition) is 6. The van der Waals surface area contributed by atoms with Crippen LogP contribution in [0.15, 0.2) is 12.7 Å². The van der Waals surface area contributed by atoms with E-state index in [9.17, 15) is 0 Å². The Morgan fingerprint density at radius 3 is 2.75 bits per heavy atom. The number of aromatic nitrogens is 4. The van der Waals surface area contributed by atoms with Crippen LogP contribution in [0.5, 0.6) is 0 Å². The number of hydrogen-bond donors (Lipinski definition) is 1. The lowest BCUT2D eigenvalue weighted by Crippen LogP contribution is -2.42. The van der Waals surface area contributed by atoms with Gasteiger partial charge in [-0.3, -0.25) is 4.57 Å². The summed E-state index contributed by atoms with van der Waals surface area (Å²) in [6.07, 6.45) is 5.12. The van der Waals surface area contributed by atoms with Gasteiger partial charge in [0.15, 0.2) is 19.8 Å². The Morgan fingerprint density at radius 1 is 1.29 bits per heavy atom. The van der Waals surface area contributed by atoms with E-state index in [1.807, 2.05) is 4.57 Å². The van der Waals surface area contributed by atoms with E-state index >= 15 is 0 Å². The summed E-state index contributed by atoms with van der Waals surface area (Å²) in [5.74, 6) is 0.398.